The van der Waals surface area contributed by atoms with E-state index in [1.807, 2.05) is 55.4 Å². The number of amides is 2. The molecule has 7 nitrogen and oxygen atoms in total. The number of hydrogen-bond acceptors (Lipinski definition) is 3. The number of rotatable bonds is 3. The monoisotopic (exact) mass is 381 g/mol. The fourth-order valence-corrected chi connectivity index (χ4v) is 4.28. The van der Waals surface area contributed by atoms with Crippen LogP contribution >= 0.6 is 0 Å². The lowest BCUT2D eigenvalue weighted by Crippen LogP contribution is -2.80. The Balaban J connectivity index is 3.74. The van der Waals surface area contributed by atoms with E-state index in [0.29, 0.717) is 0 Å². The Morgan fingerprint density at radius 1 is 1.07 bits per heavy atom. The van der Waals surface area contributed by atoms with Crippen molar-refractivity contribution in [3.8, 4) is 12.3 Å². The van der Waals surface area contributed by atoms with Gasteiger partial charge in [-0.1, -0.05) is 47.5 Å². The van der Waals surface area contributed by atoms with Crippen LogP contribution < -0.4 is 5.32 Å². The van der Waals surface area contributed by atoms with Crippen LogP contribution in [0.25, 0.3) is 0 Å². The molecule has 3 N–H and O–H groups in total. The minimum Gasteiger partial charge on any atom is -0.465 e. The van der Waals surface area contributed by atoms with Crippen molar-refractivity contribution in [3.63, 3.8) is 0 Å². The summed E-state index contributed by atoms with van der Waals surface area (Å²) in [4.78, 5) is 27.1. The second-order valence-corrected chi connectivity index (χ2v) is 9.98. The number of hydrogen-bond donors (Lipinski definition) is 3. The zero-order valence-corrected chi connectivity index (χ0v) is 17.9. The minimum absolute atomic E-state index is 0.115. The normalized spacial score (nSPS) is 24.5. The molecule has 1 fully saturated rings. The number of carboxylic acid groups (broad SMARTS) is 2. The van der Waals surface area contributed by atoms with Crippen LogP contribution in [-0.2, 0) is 0 Å². The number of nitrogens with zero attached hydrogens (tertiary/aromatic N) is 2. The average molecular weight is 382 g/mol. The van der Waals surface area contributed by atoms with Crippen LogP contribution in [0.5, 0.6) is 0 Å². The highest BCUT2D eigenvalue weighted by Gasteiger charge is 2.62. The van der Waals surface area contributed by atoms with Gasteiger partial charge in [0.2, 0.25) is 0 Å². The van der Waals surface area contributed by atoms with Crippen molar-refractivity contribution >= 4 is 12.2 Å². The molecule has 1 heterocycles. The first-order valence-corrected chi connectivity index (χ1v) is 9.24. The van der Waals surface area contributed by atoms with Gasteiger partial charge in [0, 0.05) is 19.6 Å². The van der Waals surface area contributed by atoms with Crippen LogP contribution in [-0.4, -0.2) is 69.0 Å². The molecule has 1 aliphatic heterocycles. The number of carbonyl (C=O) groups is 2. The maximum absolute atomic E-state index is 12.3. The minimum atomic E-state index is -1.05. The van der Waals surface area contributed by atoms with Gasteiger partial charge in [-0.2, -0.15) is 0 Å². The summed E-state index contributed by atoms with van der Waals surface area (Å²) < 4.78 is 0. The first-order chi connectivity index (χ1) is 12.0. The first-order valence-electron chi connectivity index (χ1n) is 9.24. The maximum Gasteiger partial charge on any atom is 0.407 e. The lowest BCUT2D eigenvalue weighted by atomic mass is 9.59. The van der Waals surface area contributed by atoms with Crippen molar-refractivity contribution in [1.29, 1.82) is 0 Å². The zero-order valence-electron chi connectivity index (χ0n) is 17.9. The fraction of sp³-hybridized carbons (Fsp3) is 0.800. The van der Waals surface area contributed by atoms with Crippen LogP contribution in [0.4, 0.5) is 9.59 Å². The molecule has 0 radical (unpaired) electrons. The molecule has 154 valence electrons. The van der Waals surface area contributed by atoms with E-state index in [2.05, 4.69) is 11.2 Å². The summed E-state index contributed by atoms with van der Waals surface area (Å²) in [5, 5.41) is 23.2. The van der Waals surface area contributed by atoms with Gasteiger partial charge in [0.1, 0.15) is 0 Å². The van der Waals surface area contributed by atoms with Crippen LogP contribution in [0.2, 0.25) is 0 Å². The quantitative estimate of drug-likeness (QED) is 0.653. The molecule has 2 amide bonds. The first kappa shape index (κ1) is 23.1. The molecule has 7 heteroatoms. The molecule has 1 aliphatic rings. The Morgan fingerprint density at radius 2 is 1.59 bits per heavy atom. The van der Waals surface area contributed by atoms with Gasteiger partial charge in [0.25, 0.3) is 0 Å². The van der Waals surface area contributed by atoms with Gasteiger partial charge in [0.15, 0.2) is 0 Å². The van der Waals surface area contributed by atoms with E-state index in [9.17, 15) is 19.8 Å². The zero-order chi connectivity index (χ0) is 21.4. The third-order valence-corrected chi connectivity index (χ3v) is 5.57. The molecule has 0 bridgehead atoms. The van der Waals surface area contributed by atoms with Gasteiger partial charge in [0.05, 0.1) is 17.1 Å². The summed E-state index contributed by atoms with van der Waals surface area (Å²) in [5.74, 6) is 2.67. The molecule has 1 unspecified atom stereocenters. The Labute approximate surface area is 163 Å². The van der Waals surface area contributed by atoms with E-state index in [0.717, 1.165) is 0 Å². The van der Waals surface area contributed by atoms with E-state index >= 15 is 0 Å². The molecular formula is C20H35N3O4. The molecule has 1 saturated heterocycles. The largest absolute Gasteiger partial charge is 0.465 e. The SMILES string of the molecule is C#CC(C)(C)NC[C@]1(C(C)(C)C)C(C(C)(C)C)N(C(=O)O)CCN1C(=O)O. The van der Waals surface area contributed by atoms with Crippen molar-refractivity contribution in [1.82, 2.24) is 15.1 Å². The lowest BCUT2D eigenvalue weighted by molar-refractivity contribution is -0.120. The topological polar surface area (TPSA) is 93.1 Å². The highest BCUT2D eigenvalue weighted by Crippen LogP contribution is 2.48. The Bertz CT molecular complexity index is 625. The summed E-state index contributed by atoms with van der Waals surface area (Å²) in [6.07, 6.45) is 3.53. The van der Waals surface area contributed by atoms with Gasteiger partial charge < -0.3 is 15.1 Å². The molecule has 0 aliphatic carbocycles. The van der Waals surface area contributed by atoms with E-state index < -0.39 is 40.1 Å². The van der Waals surface area contributed by atoms with E-state index in [4.69, 9.17) is 6.42 Å². The Kier molecular flexibility index (Phi) is 6.19. The summed E-state index contributed by atoms with van der Waals surface area (Å²) in [6.45, 7) is 15.9. The van der Waals surface area contributed by atoms with Crippen molar-refractivity contribution < 1.29 is 19.8 Å². The highest BCUT2D eigenvalue weighted by molar-refractivity contribution is 5.70. The number of nitrogens with one attached hydrogen (secondary N) is 1. The summed E-state index contributed by atoms with van der Waals surface area (Å²) in [7, 11) is 0. The molecule has 0 saturated carbocycles. The van der Waals surface area contributed by atoms with Crippen LogP contribution in [0.1, 0.15) is 55.4 Å². The maximum atomic E-state index is 12.3. The standard InChI is InChI=1S/C20H35N3O4/c1-10-19(8,9)21-13-20(18(5,6)7)14(17(2,3)4)22(15(24)25)11-12-23(20)16(26)27/h1,14,21H,11-13H2,2-9H3,(H,24,25)(H,26,27)/t14?,20-/m1/s1. The summed E-state index contributed by atoms with van der Waals surface area (Å²) in [5.41, 5.74) is -2.73. The highest BCUT2D eigenvalue weighted by atomic mass is 16.4. The Morgan fingerprint density at radius 3 is 1.93 bits per heavy atom. The fourth-order valence-electron chi connectivity index (χ4n) is 4.28. The van der Waals surface area contributed by atoms with Crippen LogP contribution in [0.15, 0.2) is 0 Å². The average Bonchev–Trinajstić information content (AvgIpc) is 2.49. The third kappa shape index (κ3) is 4.32. The molecule has 0 spiro atoms. The van der Waals surface area contributed by atoms with Gasteiger partial charge in [-0.05, 0) is 24.7 Å². The van der Waals surface area contributed by atoms with Gasteiger partial charge >= 0.3 is 12.2 Å². The van der Waals surface area contributed by atoms with Crippen molar-refractivity contribution in [2.75, 3.05) is 19.6 Å². The van der Waals surface area contributed by atoms with Crippen LogP contribution in [0.3, 0.4) is 0 Å². The van der Waals surface area contributed by atoms with Crippen molar-refractivity contribution in [2.45, 2.75) is 72.5 Å². The van der Waals surface area contributed by atoms with Crippen LogP contribution in [0, 0.1) is 23.2 Å². The van der Waals surface area contributed by atoms with Gasteiger partial charge in [-0.3, -0.25) is 10.2 Å². The predicted octanol–water partition coefficient (Wildman–Crippen LogP) is 3.16. The lowest BCUT2D eigenvalue weighted by Gasteiger charge is -2.63. The van der Waals surface area contributed by atoms with Gasteiger partial charge in [-0.25, -0.2) is 9.59 Å². The van der Waals surface area contributed by atoms with Crippen molar-refractivity contribution in [2.24, 2.45) is 10.8 Å². The number of piperazine rings is 1. The predicted molar refractivity (Wildman–Crippen MR) is 106 cm³/mol. The van der Waals surface area contributed by atoms with E-state index in [1.165, 1.54) is 9.80 Å². The molecule has 27 heavy (non-hydrogen) atoms. The van der Waals surface area contributed by atoms with Crippen molar-refractivity contribution in [3.05, 3.63) is 0 Å². The molecule has 0 aromatic heterocycles. The third-order valence-electron chi connectivity index (χ3n) is 5.57. The molecule has 0 aromatic rings. The number of terminal acetylenes is 1. The summed E-state index contributed by atoms with van der Waals surface area (Å²) >= 11 is 0. The summed E-state index contributed by atoms with van der Waals surface area (Å²) in [6, 6.07) is -0.562. The van der Waals surface area contributed by atoms with E-state index in [1.54, 1.807) is 0 Å². The molecule has 0 aromatic carbocycles. The molecule has 1 rings (SSSR count). The van der Waals surface area contributed by atoms with Gasteiger partial charge in [-0.15, -0.1) is 6.42 Å². The Hall–Kier alpha value is -1.94. The smallest absolute Gasteiger partial charge is 0.407 e. The molecule has 2 atom stereocenters. The second kappa shape index (κ2) is 7.23. The van der Waals surface area contributed by atoms with E-state index in [-0.39, 0.29) is 19.6 Å². The molecular weight excluding hydrogens is 346 g/mol. The second-order valence-electron chi connectivity index (χ2n) is 9.98.